The van der Waals surface area contributed by atoms with Crippen LogP contribution in [0.25, 0.3) is 0 Å². The Morgan fingerprint density at radius 2 is 1.73 bits per heavy atom. The van der Waals surface area contributed by atoms with Crippen molar-refractivity contribution < 1.29 is 9.90 Å². The zero-order valence-electron chi connectivity index (χ0n) is 13.2. The van der Waals surface area contributed by atoms with Gasteiger partial charge in [-0.3, -0.25) is 9.69 Å². The van der Waals surface area contributed by atoms with Gasteiger partial charge in [-0.05, 0) is 24.0 Å². The number of hydrogen-bond acceptors (Lipinski definition) is 3. The molecule has 2 aliphatic rings. The number of carbonyl (C=O) groups is 1. The van der Waals surface area contributed by atoms with Crippen molar-refractivity contribution in [3.8, 4) is 0 Å². The highest BCUT2D eigenvalue weighted by molar-refractivity contribution is 5.81. The molecule has 1 aromatic rings. The standard InChI is InChI=1S/C18H26N2O2/c21-17(22)18(8-2-1-3-9-18)16-6-4-15(5-7-16)14-20-12-10-19-11-13-20/h4-7,19H,1-3,8-14H2,(H,21,22). The van der Waals surface area contributed by atoms with E-state index in [1.54, 1.807) is 0 Å². The van der Waals surface area contributed by atoms with Crippen LogP contribution >= 0.6 is 0 Å². The highest BCUT2D eigenvalue weighted by Crippen LogP contribution is 2.39. The number of benzene rings is 1. The summed E-state index contributed by atoms with van der Waals surface area (Å²) in [6, 6.07) is 8.35. The fourth-order valence-electron chi connectivity index (χ4n) is 3.84. The first-order valence-corrected chi connectivity index (χ1v) is 8.47. The highest BCUT2D eigenvalue weighted by atomic mass is 16.4. The van der Waals surface area contributed by atoms with Gasteiger partial charge in [0.05, 0.1) is 5.41 Å². The number of aliphatic carboxylic acids is 1. The molecule has 1 aromatic carbocycles. The van der Waals surface area contributed by atoms with E-state index in [0.717, 1.165) is 70.4 Å². The average molecular weight is 302 g/mol. The summed E-state index contributed by atoms with van der Waals surface area (Å²) in [4.78, 5) is 14.3. The second-order valence-electron chi connectivity index (χ2n) is 6.67. The van der Waals surface area contributed by atoms with Crippen LogP contribution in [-0.2, 0) is 16.8 Å². The first-order valence-electron chi connectivity index (χ1n) is 8.47. The van der Waals surface area contributed by atoms with Gasteiger partial charge < -0.3 is 10.4 Å². The first kappa shape index (κ1) is 15.5. The third-order valence-corrected chi connectivity index (χ3v) is 5.24. The van der Waals surface area contributed by atoms with Crippen LogP contribution in [0.2, 0.25) is 0 Å². The second kappa shape index (κ2) is 6.80. The number of nitrogens with zero attached hydrogens (tertiary/aromatic N) is 1. The Morgan fingerprint density at radius 1 is 1.09 bits per heavy atom. The van der Waals surface area contributed by atoms with E-state index >= 15 is 0 Å². The largest absolute Gasteiger partial charge is 0.481 e. The van der Waals surface area contributed by atoms with Crippen LogP contribution in [0.4, 0.5) is 0 Å². The first-order chi connectivity index (χ1) is 10.7. The number of rotatable bonds is 4. The summed E-state index contributed by atoms with van der Waals surface area (Å²) in [7, 11) is 0. The Bertz CT molecular complexity index is 500. The predicted molar refractivity (Wildman–Crippen MR) is 87.0 cm³/mol. The monoisotopic (exact) mass is 302 g/mol. The van der Waals surface area contributed by atoms with Crippen LogP contribution in [0, 0.1) is 0 Å². The molecule has 0 atom stereocenters. The highest BCUT2D eigenvalue weighted by Gasteiger charge is 2.41. The number of carboxylic acid groups (broad SMARTS) is 1. The predicted octanol–water partition coefficient (Wildman–Crippen LogP) is 2.38. The Balaban J connectivity index is 1.73. The number of hydrogen-bond donors (Lipinski definition) is 2. The normalized spacial score (nSPS) is 22.4. The van der Waals surface area contributed by atoms with E-state index in [0.29, 0.717) is 0 Å². The summed E-state index contributed by atoms with van der Waals surface area (Å²) < 4.78 is 0. The van der Waals surface area contributed by atoms with Gasteiger partial charge in [-0.25, -0.2) is 0 Å². The average Bonchev–Trinajstić information content (AvgIpc) is 2.57. The van der Waals surface area contributed by atoms with E-state index in [4.69, 9.17) is 0 Å². The maximum atomic E-state index is 11.9. The molecule has 0 amide bonds. The van der Waals surface area contributed by atoms with Crippen LogP contribution < -0.4 is 5.32 Å². The zero-order valence-corrected chi connectivity index (χ0v) is 13.2. The van der Waals surface area contributed by atoms with Gasteiger partial charge in [-0.15, -0.1) is 0 Å². The molecular formula is C18H26N2O2. The van der Waals surface area contributed by atoms with Gasteiger partial charge in [0.2, 0.25) is 0 Å². The summed E-state index contributed by atoms with van der Waals surface area (Å²) in [6.07, 6.45) is 4.76. The molecule has 3 rings (SSSR count). The van der Waals surface area contributed by atoms with Crippen molar-refractivity contribution >= 4 is 5.97 Å². The lowest BCUT2D eigenvalue weighted by Gasteiger charge is -2.34. The third kappa shape index (κ3) is 3.18. The molecule has 2 N–H and O–H groups in total. The molecule has 2 fully saturated rings. The van der Waals surface area contributed by atoms with Gasteiger partial charge in [0.1, 0.15) is 0 Å². The summed E-state index contributed by atoms with van der Waals surface area (Å²) in [6.45, 7) is 5.24. The fourth-order valence-corrected chi connectivity index (χ4v) is 3.84. The van der Waals surface area contributed by atoms with Gasteiger partial charge in [0, 0.05) is 32.7 Å². The van der Waals surface area contributed by atoms with Crippen molar-refractivity contribution in [2.75, 3.05) is 26.2 Å². The summed E-state index contributed by atoms with van der Waals surface area (Å²) >= 11 is 0. The number of piperazine rings is 1. The molecule has 0 aromatic heterocycles. The van der Waals surface area contributed by atoms with Crippen LogP contribution in [0.1, 0.15) is 43.2 Å². The van der Waals surface area contributed by atoms with Gasteiger partial charge >= 0.3 is 5.97 Å². The van der Waals surface area contributed by atoms with Crippen molar-refractivity contribution in [2.45, 2.75) is 44.1 Å². The Labute approximate surface area is 132 Å². The maximum absolute atomic E-state index is 11.9. The fraction of sp³-hybridized carbons (Fsp3) is 0.611. The van der Waals surface area contributed by atoms with E-state index in [1.807, 2.05) is 0 Å². The molecule has 0 spiro atoms. The van der Waals surface area contributed by atoms with E-state index < -0.39 is 11.4 Å². The quantitative estimate of drug-likeness (QED) is 0.896. The summed E-state index contributed by atoms with van der Waals surface area (Å²) in [5.74, 6) is -0.651. The Kier molecular flexibility index (Phi) is 4.79. The smallest absolute Gasteiger partial charge is 0.314 e. The van der Waals surface area contributed by atoms with Gasteiger partial charge in [0.15, 0.2) is 0 Å². The molecule has 1 aliphatic heterocycles. The van der Waals surface area contributed by atoms with Crippen LogP contribution in [0.3, 0.4) is 0 Å². The minimum Gasteiger partial charge on any atom is -0.481 e. The molecule has 22 heavy (non-hydrogen) atoms. The van der Waals surface area contributed by atoms with Gasteiger partial charge in [-0.2, -0.15) is 0 Å². The van der Waals surface area contributed by atoms with Crippen molar-refractivity contribution in [2.24, 2.45) is 0 Å². The second-order valence-corrected chi connectivity index (χ2v) is 6.67. The molecule has 0 unspecified atom stereocenters. The molecule has 4 nitrogen and oxygen atoms in total. The van der Waals surface area contributed by atoms with E-state index in [-0.39, 0.29) is 0 Å². The number of nitrogens with one attached hydrogen (secondary N) is 1. The van der Waals surface area contributed by atoms with Crippen molar-refractivity contribution in [3.63, 3.8) is 0 Å². The van der Waals surface area contributed by atoms with E-state index in [1.165, 1.54) is 5.56 Å². The van der Waals surface area contributed by atoms with Crippen LogP contribution in [-0.4, -0.2) is 42.2 Å². The molecule has 1 saturated heterocycles. The zero-order chi connectivity index (χ0) is 15.4. The van der Waals surface area contributed by atoms with Crippen molar-refractivity contribution in [3.05, 3.63) is 35.4 Å². The maximum Gasteiger partial charge on any atom is 0.314 e. The molecule has 0 bridgehead atoms. The number of carboxylic acids is 1. The minimum absolute atomic E-state index is 0.647. The van der Waals surface area contributed by atoms with Gasteiger partial charge in [-0.1, -0.05) is 43.5 Å². The minimum atomic E-state index is -0.651. The molecule has 1 saturated carbocycles. The Hall–Kier alpha value is -1.39. The van der Waals surface area contributed by atoms with Gasteiger partial charge in [0.25, 0.3) is 0 Å². The summed E-state index contributed by atoms with van der Waals surface area (Å²) in [5.41, 5.74) is 1.62. The lowest BCUT2D eigenvalue weighted by molar-refractivity contribution is -0.145. The molecule has 120 valence electrons. The van der Waals surface area contributed by atoms with E-state index in [2.05, 4.69) is 34.5 Å². The SMILES string of the molecule is O=C(O)C1(c2ccc(CN3CCNCC3)cc2)CCCCC1. The van der Waals surface area contributed by atoms with Crippen molar-refractivity contribution in [1.29, 1.82) is 0 Å². The molecule has 4 heteroatoms. The summed E-state index contributed by atoms with van der Waals surface area (Å²) in [5, 5.41) is 13.1. The van der Waals surface area contributed by atoms with Crippen molar-refractivity contribution in [1.82, 2.24) is 10.2 Å². The van der Waals surface area contributed by atoms with Crippen LogP contribution in [0.15, 0.2) is 24.3 Å². The topological polar surface area (TPSA) is 52.6 Å². The lowest BCUT2D eigenvalue weighted by Crippen LogP contribution is -2.42. The molecule has 0 radical (unpaired) electrons. The molecule has 1 heterocycles. The van der Waals surface area contributed by atoms with Crippen LogP contribution in [0.5, 0.6) is 0 Å². The molecular weight excluding hydrogens is 276 g/mol. The van der Waals surface area contributed by atoms with E-state index in [9.17, 15) is 9.90 Å². The lowest BCUT2D eigenvalue weighted by atomic mass is 9.69. The third-order valence-electron chi connectivity index (χ3n) is 5.24. The molecule has 1 aliphatic carbocycles. The Morgan fingerprint density at radius 3 is 2.32 bits per heavy atom.